The van der Waals surface area contributed by atoms with E-state index in [1.165, 1.54) is 0 Å². The highest BCUT2D eigenvalue weighted by Gasteiger charge is 2.27. The molecule has 0 spiro atoms. The molecular formula is C10H19N3O3. The van der Waals surface area contributed by atoms with E-state index in [4.69, 9.17) is 10.8 Å². The Morgan fingerprint density at radius 2 is 1.69 bits per heavy atom. The lowest BCUT2D eigenvalue weighted by Gasteiger charge is -2.37. The van der Waals surface area contributed by atoms with Crippen molar-refractivity contribution in [3.8, 4) is 0 Å². The molecule has 16 heavy (non-hydrogen) atoms. The minimum Gasteiger partial charge on any atom is -0.480 e. The van der Waals surface area contributed by atoms with Crippen molar-refractivity contribution in [2.24, 2.45) is 5.73 Å². The van der Waals surface area contributed by atoms with Crippen molar-refractivity contribution in [2.45, 2.75) is 25.9 Å². The molecule has 0 aromatic carbocycles. The summed E-state index contributed by atoms with van der Waals surface area (Å²) < 4.78 is 0. The number of nitrogens with zero attached hydrogens (tertiary/aromatic N) is 2. The number of carboxylic acids is 1. The van der Waals surface area contributed by atoms with E-state index in [-0.39, 0.29) is 5.91 Å². The summed E-state index contributed by atoms with van der Waals surface area (Å²) >= 11 is 0. The quantitative estimate of drug-likeness (QED) is 0.645. The minimum absolute atomic E-state index is 0.0670. The number of nitrogens with two attached hydrogens (primary N) is 1. The number of carbonyl (C=O) groups excluding carboxylic acids is 1. The van der Waals surface area contributed by atoms with Crippen LogP contribution in [0.1, 0.15) is 13.8 Å². The molecule has 1 aliphatic rings. The zero-order valence-electron chi connectivity index (χ0n) is 9.72. The van der Waals surface area contributed by atoms with Gasteiger partial charge < -0.3 is 15.7 Å². The fraction of sp³-hybridized carbons (Fsp3) is 0.800. The van der Waals surface area contributed by atoms with Crippen molar-refractivity contribution in [3.05, 3.63) is 0 Å². The molecule has 2 unspecified atom stereocenters. The van der Waals surface area contributed by atoms with Gasteiger partial charge in [0.1, 0.15) is 6.04 Å². The number of rotatable bonds is 3. The van der Waals surface area contributed by atoms with Crippen LogP contribution < -0.4 is 5.73 Å². The Bertz CT molecular complexity index is 272. The SMILES string of the molecule is CC(N)C(=O)N1CCN(C(C)C(=O)O)CC1. The third-order valence-electron chi connectivity index (χ3n) is 2.92. The van der Waals surface area contributed by atoms with E-state index >= 15 is 0 Å². The number of hydrogen-bond acceptors (Lipinski definition) is 4. The Morgan fingerprint density at radius 1 is 1.19 bits per heavy atom. The molecule has 6 heteroatoms. The van der Waals surface area contributed by atoms with E-state index in [0.29, 0.717) is 26.2 Å². The molecule has 1 amide bonds. The molecule has 1 heterocycles. The predicted molar refractivity (Wildman–Crippen MR) is 58.9 cm³/mol. The van der Waals surface area contributed by atoms with E-state index in [9.17, 15) is 9.59 Å². The van der Waals surface area contributed by atoms with Crippen LogP contribution in [-0.4, -0.2) is 65.0 Å². The number of amides is 1. The van der Waals surface area contributed by atoms with Gasteiger partial charge in [-0.25, -0.2) is 0 Å². The first kappa shape index (κ1) is 12.9. The van der Waals surface area contributed by atoms with Crippen molar-refractivity contribution in [1.82, 2.24) is 9.80 Å². The van der Waals surface area contributed by atoms with E-state index in [2.05, 4.69) is 0 Å². The molecular weight excluding hydrogens is 210 g/mol. The predicted octanol–water partition coefficient (Wildman–Crippen LogP) is -1.05. The van der Waals surface area contributed by atoms with E-state index in [1.54, 1.807) is 18.7 Å². The van der Waals surface area contributed by atoms with Crippen LogP contribution in [0, 0.1) is 0 Å². The first-order valence-electron chi connectivity index (χ1n) is 5.44. The maximum Gasteiger partial charge on any atom is 0.320 e. The summed E-state index contributed by atoms with van der Waals surface area (Å²) in [6.07, 6.45) is 0. The van der Waals surface area contributed by atoms with Gasteiger partial charge in [-0.1, -0.05) is 0 Å². The van der Waals surface area contributed by atoms with Gasteiger partial charge in [0.2, 0.25) is 5.91 Å². The Morgan fingerprint density at radius 3 is 2.06 bits per heavy atom. The molecule has 0 aromatic rings. The van der Waals surface area contributed by atoms with E-state index in [1.807, 2.05) is 4.90 Å². The lowest BCUT2D eigenvalue weighted by Crippen LogP contribution is -2.55. The lowest BCUT2D eigenvalue weighted by molar-refractivity contribution is -0.144. The number of hydrogen-bond donors (Lipinski definition) is 2. The topological polar surface area (TPSA) is 86.9 Å². The molecule has 1 aliphatic heterocycles. The van der Waals surface area contributed by atoms with Gasteiger partial charge in [0, 0.05) is 26.2 Å². The summed E-state index contributed by atoms with van der Waals surface area (Å²) in [5.74, 6) is -0.894. The summed E-state index contributed by atoms with van der Waals surface area (Å²) in [5, 5.41) is 8.86. The summed E-state index contributed by atoms with van der Waals surface area (Å²) in [4.78, 5) is 25.9. The molecule has 2 atom stereocenters. The van der Waals surface area contributed by atoms with Crippen LogP contribution in [0.5, 0.6) is 0 Å². The monoisotopic (exact) mass is 229 g/mol. The van der Waals surface area contributed by atoms with Gasteiger partial charge in [0.25, 0.3) is 0 Å². The molecule has 0 bridgehead atoms. The largest absolute Gasteiger partial charge is 0.480 e. The maximum atomic E-state index is 11.6. The highest BCUT2D eigenvalue weighted by molar-refractivity contribution is 5.81. The van der Waals surface area contributed by atoms with Crippen LogP contribution in [0.25, 0.3) is 0 Å². The molecule has 92 valence electrons. The average molecular weight is 229 g/mol. The van der Waals surface area contributed by atoms with Gasteiger partial charge in [0.05, 0.1) is 6.04 Å². The first-order valence-corrected chi connectivity index (χ1v) is 5.44. The zero-order chi connectivity index (χ0) is 12.3. The second-order valence-corrected chi connectivity index (χ2v) is 4.16. The third kappa shape index (κ3) is 2.93. The van der Waals surface area contributed by atoms with Gasteiger partial charge in [-0.3, -0.25) is 14.5 Å². The first-order chi connectivity index (χ1) is 7.43. The summed E-state index contributed by atoms with van der Waals surface area (Å²) in [5.41, 5.74) is 5.51. The van der Waals surface area contributed by atoms with Gasteiger partial charge in [-0.05, 0) is 13.8 Å². The molecule has 3 N–H and O–H groups in total. The van der Waals surface area contributed by atoms with Crippen molar-refractivity contribution in [3.63, 3.8) is 0 Å². The molecule has 6 nitrogen and oxygen atoms in total. The van der Waals surface area contributed by atoms with Crippen LogP contribution in [0.3, 0.4) is 0 Å². The molecule has 1 saturated heterocycles. The van der Waals surface area contributed by atoms with Gasteiger partial charge in [0.15, 0.2) is 0 Å². The van der Waals surface area contributed by atoms with Crippen molar-refractivity contribution < 1.29 is 14.7 Å². The van der Waals surface area contributed by atoms with Crippen LogP contribution >= 0.6 is 0 Å². The maximum absolute atomic E-state index is 11.6. The molecule has 0 saturated carbocycles. The Balaban J connectivity index is 2.45. The van der Waals surface area contributed by atoms with Crippen molar-refractivity contribution in [2.75, 3.05) is 26.2 Å². The Hall–Kier alpha value is -1.14. The summed E-state index contributed by atoms with van der Waals surface area (Å²) in [7, 11) is 0. The summed E-state index contributed by atoms with van der Waals surface area (Å²) in [6, 6.07) is -0.976. The second kappa shape index (κ2) is 5.27. The Labute approximate surface area is 95.0 Å². The molecule has 0 aliphatic carbocycles. The van der Waals surface area contributed by atoms with Gasteiger partial charge in [-0.15, -0.1) is 0 Å². The lowest BCUT2D eigenvalue weighted by atomic mass is 10.2. The molecule has 0 aromatic heterocycles. The highest BCUT2D eigenvalue weighted by Crippen LogP contribution is 2.07. The third-order valence-corrected chi connectivity index (χ3v) is 2.92. The van der Waals surface area contributed by atoms with Crippen molar-refractivity contribution in [1.29, 1.82) is 0 Å². The second-order valence-electron chi connectivity index (χ2n) is 4.16. The highest BCUT2D eigenvalue weighted by atomic mass is 16.4. The summed E-state index contributed by atoms with van der Waals surface area (Å²) in [6.45, 7) is 5.60. The Kier molecular flexibility index (Phi) is 4.26. The number of carbonyl (C=O) groups is 2. The van der Waals surface area contributed by atoms with Crippen LogP contribution in [-0.2, 0) is 9.59 Å². The van der Waals surface area contributed by atoms with E-state index < -0.39 is 18.1 Å². The number of piperazine rings is 1. The van der Waals surface area contributed by atoms with Crippen LogP contribution in [0.2, 0.25) is 0 Å². The van der Waals surface area contributed by atoms with Gasteiger partial charge in [-0.2, -0.15) is 0 Å². The normalized spacial score (nSPS) is 21.6. The van der Waals surface area contributed by atoms with Gasteiger partial charge >= 0.3 is 5.97 Å². The molecule has 0 radical (unpaired) electrons. The number of carboxylic acid groups (broad SMARTS) is 1. The molecule has 1 rings (SSSR count). The van der Waals surface area contributed by atoms with E-state index in [0.717, 1.165) is 0 Å². The zero-order valence-corrected chi connectivity index (χ0v) is 9.72. The van der Waals surface area contributed by atoms with Crippen molar-refractivity contribution >= 4 is 11.9 Å². The fourth-order valence-electron chi connectivity index (χ4n) is 1.77. The fourth-order valence-corrected chi connectivity index (χ4v) is 1.77. The average Bonchev–Trinajstić information content (AvgIpc) is 2.27. The standard InChI is InChI=1S/C10H19N3O3/c1-7(11)9(14)13-5-3-12(4-6-13)8(2)10(15)16/h7-8H,3-6,11H2,1-2H3,(H,15,16). The number of aliphatic carboxylic acids is 1. The minimum atomic E-state index is -0.827. The smallest absolute Gasteiger partial charge is 0.320 e. The van der Waals surface area contributed by atoms with Crippen LogP contribution in [0.4, 0.5) is 0 Å². The molecule has 1 fully saturated rings. The van der Waals surface area contributed by atoms with Crippen LogP contribution in [0.15, 0.2) is 0 Å².